The lowest BCUT2D eigenvalue weighted by Gasteiger charge is -2.53. The molecule has 1 unspecified atom stereocenters. The zero-order chi connectivity index (χ0) is 26.2. The van der Waals surface area contributed by atoms with Crippen LogP contribution in [-0.2, 0) is 16.9 Å². The van der Waals surface area contributed by atoms with Gasteiger partial charge in [-0.25, -0.2) is 9.18 Å². The van der Waals surface area contributed by atoms with Gasteiger partial charge in [0, 0.05) is 31.1 Å². The summed E-state index contributed by atoms with van der Waals surface area (Å²) < 4.78 is 13.9. The van der Waals surface area contributed by atoms with Crippen LogP contribution in [0.5, 0.6) is 0 Å². The molecular weight excluding hydrogens is 489 g/mol. The number of aliphatic hydroxyl groups is 1. The van der Waals surface area contributed by atoms with Crippen LogP contribution in [-0.4, -0.2) is 58.1 Å². The van der Waals surface area contributed by atoms with Gasteiger partial charge in [-0.3, -0.25) is 14.4 Å². The predicted octanol–water partition coefficient (Wildman–Crippen LogP) is 4.99. The quantitative estimate of drug-likeness (QED) is 0.366. The molecule has 0 bridgehead atoms. The summed E-state index contributed by atoms with van der Waals surface area (Å²) in [6.45, 7) is 7.32. The number of carbonyl (C=O) groups is 1. The van der Waals surface area contributed by atoms with Crippen molar-refractivity contribution in [3.63, 3.8) is 0 Å². The van der Waals surface area contributed by atoms with Gasteiger partial charge in [0.1, 0.15) is 17.5 Å². The van der Waals surface area contributed by atoms with Gasteiger partial charge in [0.15, 0.2) is 0 Å². The van der Waals surface area contributed by atoms with Gasteiger partial charge in [-0.2, -0.15) is 0 Å². The summed E-state index contributed by atoms with van der Waals surface area (Å²) in [6, 6.07) is 20.3. The van der Waals surface area contributed by atoms with Crippen molar-refractivity contribution in [2.45, 2.75) is 38.0 Å². The summed E-state index contributed by atoms with van der Waals surface area (Å²) in [5.41, 5.74) is 1.72. The van der Waals surface area contributed by atoms with Crippen molar-refractivity contribution in [2.75, 3.05) is 26.2 Å². The van der Waals surface area contributed by atoms with Crippen LogP contribution in [0.15, 0.2) is 72.9 Å². The van der Waals surface area contributed by atoms with Gasteiger partial charge in [0.25, 0.3) is 0 Å². The molecule has 2 aromatic carbocycles. The molecule has 0 saturated carbocycles. The largest absolute Gasteiger partial charge is 0.384 e. The number of carbonyl (C=O) groups excluding carboxylic acids is 1. The Morgan fingerprint density at radius 1 is 1.05 bits per heavy atom. The third-order valence-electron chi connectivity index (χ3n) is 8.65. The van der Waals surface area contributed by atoms with Gasteiger partial charge in [-0.15, -0.1) is 0 Å². The second kappa shape index (κ2) is 10.3. The maximum Gasteiger partial charge on any atom is 0.301 e. The molecule has 37 heavy (non-hydrogen) atoms. The molecular formula is C30H34ClFN3O2+. The van der Waals surface area contributed by atoms with Gasteiger partial charge in [-0.05, 0) is 35.4 Å². The number of nitrogens with zero attached hydrogens (tertiary/aromatic N) is 3. The molecule has 2 aliphatic rings. The first-order valence-corrected chi connectivity index (χ1v) is 13.3. The van der Waals surface area contributed by atoms with Gasteiger partial charge >= 0.3 is 6.41 Å². The van der Waals surface area contributed by atoms with Crippen LogP contribution in [0.4, 0.5) is 4.39 Å². The molecule has 0 aliphatic carbocycles. The van der Waals surface area contributed by atoms with Crippen LogP contribution in [0.2, 0.25) is 5.02 Å². The summed E-state index contributed by atoms with van der Waals surface area (Å²) in [6.07, 6.45) is 2.77. The van der Waals surface area contributed by atoms with E-state index in [9.17, 15) is 14.3 Å². The van der Waals surface area contributed by atoms with Gasteiger partial charge in [-0.1, -0.05) is 67.9 Å². The molecule has 3 heterocycles. The average Bonchev–Trinajstić information content (AvgIpc) is 3.32. The predicted molar refractivity (Wildman–Crippen MR) is 142 cm³/mol. The first-order chi connectivity index (χ1) is 17.7. The molecule has 5 rings (SSSR count). The fraction of sp³-hybridized carbons (Fsp3) is 0.400. The van der Waals surface area contributed by atoms with Crippen LogP contribution < -0.4 is 0 Å². The number of hydrogen-bond donors (Lipinski definition) is 1. The molecule has 2 saturated heterocycles. The first-order valence-electron chi connectivity index (χ1n) is 12.9. The average molecular weight is 523 g/mol. The van der Waals surface area contributed by atoms with Crippen molar-refractivity contribution in [3.8, 4) is 0 Å². The van der Waals surface area contributed by atoms with Crippen LogP contribution in [0.3, 0.4) is 0 Å². The number of hydrogen-bond acceptors (Lipinski definition) is 4. The maximum atomic E-state index is 13.6. The normalized spacial score (nSPS) is 32.4. The second-order valence-corrected chi connectivity index (χ2v) is 11.4. The van der Waals surface area contributed by atoms with E-state index in [2.05, 4.69) is 22.0 Å². The number of pyridine rings is 1. The topological polar surface area (TPSA) is 53.4 Å². The first kappa shape index (κ1) is 26.0. The highest BCUT2D eigenvalue weighted by Gasteiger charge is 2.58. The van der Waals surface area contributed by atoms with E-state index in [1.54, 1.807) is 18.3 Å². The second-order valence-electron chi connectivity index (χ2n) is 11.0. The SMILES string of the molecule is C[C@H]1C[N+](C=O)([C@H]2CN(Cc3ccccc3)CC2c2ccc(Cl)cn2)C[C@H](C)C1(O)c1ccc(F)cc1. The molecule has 1 amide bonds. The Labute approximate surface area is 223 Å². The number of likely N-dealkylation sites (tertiary alicyclic amines) is 2. The Bertz CT molecular complexity index is 1210. The summed E-state index contributed by atoms with van der Waals surface area (Å²) >= 11 is 6.15. The fourth-order valence-electron chi connectivity index (χ4n) is 6.83. The Balaban J connectivity index is 1.48. The van der Waals surface area contributed by atoms with Crippen molar-refractivity contribution in [3.05, 3.63) is 101 Å². The zero-order valence-corrected chi connectivity index (χ0v) is 22.1. The number of amides is 1. The minimum Gasteiger partial charge on any atom is -0.384 e. The van der Waals surface area contributed by atoms with E-state index in [4.69, 9.17) is 11.6 Å². The van der Waals surface area contributed by atoms with Crippen molar-refractivity contribution < 1.29 is 18.8 Å². The number of piperidine rings is 1. The minimum atomic E-state index is -1.14. The van der Waals surface area contributed by atoms with Crippen molar-refractivity contribution in [1.82, 2.24) is 9.88 Å². The van der Waals surface area contributed by atoms with Crippen molar-refractivity contribution in [2.24, 2.45) is 11.8 Å². The smallest absolute Gasteiger partial charge is 0.301 e. The molecule has 1 aromatic heterocycles. The molecule has 3 aromatic rings. The van der Waals surface area contributed by atoms with E-state index in [0.29, 0.717) is 23.7 Å². The number of quaternary nitrogens is 1. The number of halogens is 2. The van der Waals surface area contributed by atoms with Crippen LogP contribution in [0.1, 0.15) is 36.6 Å². The lowest BCUT2D eigenvalue weighted by atomic mass is 9.69. The Morgan fingerprint density at radius 3 is 2.32 bits per heavy atom. The molecule has 0 radical (unpaired) electrons. The minimum absolute atomic E-state index is 0.0162. The zero-order valence-electron chi connectivity index (χ0n) is 21.3. The standard InChI is InChI=1S/C30H34ClFN3O2/c1-21-18-35(20-36,19-22(2)30(21,37)24-8-11-26(32)12-9-24)29-17-34(15-23-6-4-3-5-7-23)16-27(29)28-13-10-25(31)14-33-28/h3-14,20-22,27,29,37H,15-19H2,1-2H3/q+1/t21-,22-,27?,29-,30?,35?/m0/s1. The van der Waals surface area contributed by atoms with Gasteiger partial charge in [0.2, 0.25) is 0 Å². The molecule has 4 atom stereocenters. The monoisotopic (exact) mass is 522 g/mol. The molecule has 2 aliphatic heterocycles. The highest BCUT2D eigenvalue weighted by molar-refractivity contribution is 6.30. The highest BCUT2D eigenvalue weighted by Crippen LogP contribution is 2.46. The number of aromatic nitrogens is 1. The number of rotatable bonds is 6. The van der Waals surface area contributed by atoms with E-state index in [1.807, 2.05) is 44.2 Å². The van der Waals surface area contributed by atoms with E-state index < -0.39 is 5.60 Å². The third kappa shape index (κ3) is 4.84. The Kier molecular flexibility index (Phi) is 7.20. The van der Waals surface area contributed by atoms with Crippen LogP contribution in [0.25, 0.3) is 0 Å². The van der Waals surface area contributed by atoms with E-state index in [0.717, 1.165) is 31.7 Å². The summed E-state index contributed by atoms with van der Waals surface area (Å²) in [7, 11) is 0. The lowest BCUT2D eigenvalue weighted by Crippen LogP contribution is -2.68. The molecule has 0 spiro atoms. The Hall–Kier alpha value is -2.64. The van der Waals surface area contributed by atoms with Crippen LogP contribution in [0, 0.1) is 17.7 Å². The third-order valence-corrected chi connectivity index (χ3v) is 8.87. The molecule has 7 heteroatoms. The molecule has 1 N–H and O–H groups in total. The molecule has 194 valence electrons. The van der Waals surface area contributed by atoms with E-state index in [-0.39, 0.29) is 34.1 Å². The van der Waals surface area contributed by atoms with Crippen molar-refractivity contribution >= 4 is 18.0 Å². The van der Waals surface area contributed by atoms with Crippen molar-refractivity contribution in [1.29, 1.82) is 0 Å². The molecule has 5 nitrogen and oxygen atoms in total. The summed E-state index contributed by atoms with van der Waals surface area (Å²) in [5.74, 6) is -0.713. The number of benzene rings is 2. The van der Waals surface area contributed by atoms with Gasteiger partial charge < -0.3 is 5.11 Å². The van der Waals surface area contributed by atoms with E-state index in [1.165, 1.54) is 17.7 Å². The van der Waals surface area contributed by atoms with Crippen LogP contribution >= 0.6 is 11.6 Å². The van der Waals surface area contributed by atoms with Gasteiger partial charge in [0.05, 0.1) is 36.3 Å². The maximum absolute atomic E-state index is 13.6. The Morgan fingerprint density at radius 2 is 1.73 bits per heavy atom. The lowest BCUT2D eigenvalue weighted by molar-refractivity contribution is -0.886. The summed E-state index contributed by atoms with van der Waals surface area (Å²) in [5, 5.41) is 12.5. The van der Waals surface area contributed by atoms with E-state index >= 15 is 0 Å². The highest BCUT2D eigenvalue weighted by atomic mass is 35.5. The summed E-state index contributed by atoms with van der Waals surface area (Å²) in [4.78, 5) is 20.1. The fourth-order valence-corrected chi connectivity index (χ4v) is 6.95. The molecule has 2 fully saturated rings.